The fourth-order valence-electron chi connectivity index (χ4n) is 2.41. The number of hydrogen-bond acceptors (Lipinski definition) is 2. The Hall–Kier alpha value is -0.860. The third-order valence-electron chi connectivity index (χ3n) is 3.46. The van der Waals surface area contributed by atoms with Gasteiger partial charge in [0.05, 0.1) is 0 Å². The molecule has 2 nitrogen and oxygen atoms in total. The van der Waals surface area contributed by atoms with Crippen LogP contribution in [0.1, 0.15) is 38.3 Å². The lowest BCUT2D eigenvalue weighted by Gasteiger charge is -2.37. The minimum atomic E-state index is 0.581. The quantitative estimate of drug-likeness (QED) is 0.846. The Morgan fingerprint density at radius 2 is 1.82 bits per heavy atom. The maximum Gasteiger partial charge on any atom is 0.0359 e. The zero-order valence-corrected chi connectivity index (χ0v) is 11.6. The van der Waals surface area contributed by atoms with E-state index in [2.05, 4.69) is 54.6 Å². The average molecular weight is 234 g/mol. The molecule has 1 aliphatic rings. The number of rotatable bonds is 2. The molecule has 1 fully saturated rings. The molecule has 2 heteroatoms. The molecule has 2 atom stereocenters. The van der Waals surface area contributed by atoms with Crippen molar-refractivity contribution in [1.82, 2.24) is 10.2 Å². The van der Waals surface area contributed by atoms with Crippen molar-refractivity contribution in [3.63, 3.8) is 0 Å². The van der Waals surface area contributed by atoms with Crippen LogP contribution in [0, 0.1) is 0 Å². The third kappa shape index (κ3) is 3.83. The molecule has 1 saturated heterocycles. The molecule has 1 N–H and O–H groups in total. The first kappa shape index (κ1) is 14.2. The lowest BCUT2D eigenvalue weighted by molar-refractivity contribution is 0.160. The minimum Gasteiger partial charge on any atom is -0.317 e. The van der Waals surface area contributed by atoms with Gasteiger partial charge in [0.2, 0.25) is 0 Å². The molecule has 96 valence electrons. The maximum absolute atomic E-state index is 3.40. The summed E-state index contributed by atoms with van der Waals surface area (Å²) in [6, 6.07) is 12.1. The van der Waals surface area contributed by atoms with E-state index in [1.54, 1.807) is 0 Å². The summed E-state index contributed by atoms with van der Waals surface area (Å²) in [5.41, 5.74) is 1.44. The van der Waals surface area contributed by atoms with E-state index in [1.807, 2.05) is 13.8 Å². The fourth-order valence-corrected chi connectivity index (χ4v) is 2.41. The molecule has 0 aliphatic carbocycles. The Labute approximate surface area is 106 Å². The first-order valence-corrected chi connectivity index (χ1v) is 6.73. The molecule has 0 saturated carbocycles. The summed E-state index contributed by atoms with van der Waals surface area (Å²) in [5.74, 6) is 0. The van der Waals surface area contributed by atoms with Crippen molar-refractivity contribution in [1.29, 1.82) is 0 Å². The molecule has 2 rings (SSSR count). The summed E-state index contributed by atoms with van der Waals surface area (Å²) >= 11 is 0. The molecular formula is C15H26N2. The van der Waals surface area contributed by atoms with Crippen molar-refractivity contribution in [2.45, 2.75) is 38.8 Å². The van der Waals surface area contributed by atoms with E-state index in [1.165, 1.54) is 24.9 Å². The molecule has 0 bridgehead atoms. The van der Waals surface area contributed by atoms with E-state index in [-0.39, 0.29) is 0 Å². The number of hydrogen-bond donors (Lipinski definition) is 1. The van der Waals surface area contributed by atoms with E-state index < -0.39 is 0 Å². The van der Waals surface area contributed by atoms with E-state index in [4.69, 9.17) is 0 Å². The van der Waals surface area contributed by atoms with Crippen LogP contribution in [-0.2, 0) is 0 Å². The second-order valence-electron chi connectivity index (χ2n) is 4.42. The summed E-state index contributed by atoms with van der Waals surface area (Å²) in [7, 11) is 4.29. The minimum absolute atomic E-state index is 0.581. The summed E-state index contributed by atoms with van der Waals surface area (Å²) in [4.78, 5) is 2.46. The Bertz CT molecular complexity index is 297. The lowest BCUT2D eigenvalue weighted by atomic mass is 9.92. The summed E-state index contributed by atoms with van der Waals surface area (Å²) < 4.78 is 0. The molecule has 0 amide bonds. The Kier molecular flexibility index (Phi) is 6.23. The van der Waals surface area contributed by atoms with Gasteiger partial charge in [-0.2, -0.15) is 0 Å². The van der Waals surface area contributed by atoms with Crippen molar-refractivity contribution in [2.75, 3.05) is 20.6 Å². The zero-order valence-electron chi connectivity index (χ0n) is 11.6. The molecule has 0 radical (unpaired) electrons. The van der Waals surface area contributed by atoms with Crippen molar-refractivity contribution in [3.05, 3.63) is 35.9 Å². The first-order valence-electron chi connectivity index (χ1n) is 6.73. The number of benzene rings is 1. The predicted octanol–water partition coefficient (Wildman–Crippen LogP) is 3.07. The summed E-state index contributed by atoms with van der Waals surface area (Å²) in [6.45, 7) is 5.19. The zero-order chi connectivity index (χ0) is 12.7. The van der Waals surface area contributed by atoms with Crippen LogP contribution in [0.15, 0.2) is 30.3 Å². The average Bonchev–Trinajstić information content (AvgIpc) is 2.42. The summed E-state index contributed by atoms with van der Waals surface area (Å²) in [5, 5.41) is 3.40. The highest BCUT2D eigenvalue weighted by Crippen LogP contribution is 2.29. The van der Waals surface area contributed by atoms with Crippen molar-refractivity contribution < 1.29 is 0 Å². The van der Waals surface area contributed by atoms with Crippen molar-refractivity contribution in [3.8, 4) is 0 Å². The van der Waals surface area contributed by atoms with Gasteiger partial charge in [0.25, 0.3) is 0 Å². The van der Waals surface area contributed by atoms with E-state index >= 15 is 0 Å². The van der Waals surface area contributed by atoms with Crippen LogP contribution in [0.4, 0.5) is 0 Å². The van der Waals surface area contributed by atoms with Gasteiger partial charge in [0.1, 0.15) is 0 Å². The van der Waals surface area contributed by atoms with Crippen molar-refractivity contribution >= 4 is 0 Å². The van der Waals surface area contributed by atoms with Crippen LogP contribution >= 0.6 is 0 Å². The molecule has 1 aliphatic heterocycles. The van der Waals surface area contributed by atoms with Gasteiger partial charge < -0.3 is 5.32 Å². The molecule has 0 aromatic heterocycles. The fraction of sp³-hybridized carbons (Fsp3) is 0.600. The van der Waals surface area contributed by atoms with E-state index in [0.717, 1.165) is 0 Å². The SMILES string of the molecule is CC.CNC1CCN(C)C(c2ccccc2)C1. The number of nitrogens with zero attached hydrogens (tertiary/aromatic N) is 1. The largest absolute Gasteiger partial charge is 0.317 e. The number of nitrogens with one attached hydrogen (secondary N) is 1. The lowest BCUT2D eigenvalue weighted by Crippen LogP contribution is -2.41. The van der Waals surface area contributed by atoms with Gasteiger partial charge in [-0.05, 0) is 39.0 Å². The molecule has 1 aromatic carbocycles. The standard InChI is InChI=1S/C13H20N2.C2H6/c1-14-12-8-9-15(2)13(10-12)11-6-4-3-5-7-11;1-2/h3-7,12-14H,8-10H2,1-2H3;1-2H3. The van der Waals surface area contributed by atoms with E-state index in [0.29, 0.717) is 12.1 Å². The predicted molar refractivity (Wildman–Crippen MR) is 75.2 cm³/mol. The molecular weight excluding hydrogens is 208 g/mol. The Morgan fingerprint density at radius 1 is 1.18 bits per heavy atom. The third-order valence-corrected chi connectivity index (χ3v) is 3.46. The van der Waals surface area contributed by atoms with Gasteiger partial charge in [0, 0.05) is 12.1 Å². The van der Waals surface area contributed by atoms with Gasteiger partial charge in [0.15, 0.2) is 0 Å². The van der Waals surface area contributed by atoms with Gasteiger partial charge in [-0.3, -0.25) is 4.90 Å². The molecule has 17 heavy (non-hydrogen) atoms. The van der Waals surface area contributed by atoms with Gasteiger partial charge in [-0.15, -0.1) is 0 Å². The highest BCUT2D eigenvalue weighted by molar-refractivity contribution is 5.19. The number of likely N-dealkylation sites (tertiary alicyclic amines) is 1. The molecule has 1 heterocycles. The first-order chi connectivity index (χ1) is 8.31. The smallest absolute Gasteiger partial charge is 0.0359 e. The van der Waals surface area contributed by atoms with Crippen LogP contribution in [0.3, 0.4) is 0 Å². The highest BCUT2D eigenvalue weighted by atomic mass is 15.1. The monoisotopic (exact) mass is 234 g/mol. The van der Waals surface area contributed by atoms with Crippen molar-refractivity contribution in [2.24, 2.45) is 0 Å². The second-order valence-corrected chi connectivity index (χ2v) is 4.42. The van der Waals surface area contributed by atoms with Gasteiger partial charge in [-0.25, -0.2) is 0 Å². The molecule has 0 spiro atoms. The molecule has 2 unspecified atom stereocenters. The van der Waals surface area contributed by atoms with Crippen LogP contribution < -0.4 is 5.32 Å². The van der Waals surface area contributed by atoms with Crippen LogP contribution in [0.25, 0.3) is 0 Å². The van der Waals surface area contributed by atoms with Crippen LogP contribution in [0.2, 0.25) is 0 Å². The van der Waals surface area contributed by atoms with Gasteiger partial charge >= 0.3 is 0 Å². The van der Waals surface area contributed by atoms with Gasteiger partial charge in [-0.1, -0.05) is 44.2 Å². The second kappa shape index (κ2) is 7.46. The van der Waals surface area contributed by atoms with E-state index in [9.17, 15) is 0 Å². The Morgan fingerprint density at radius 3 is 2.41 bits per heavy atom. The Balaban J connectivity index is 0.000000686. The van der Waals surface area contributed by atoms with Crippen LogP contribution in [0.5, 0.6) is 0 Å². The maximum atomic E-state index is 3.40. The highest BCUT2D eigenvalue weighted by Gasteiger charge is 2.25. The number of piperidine rings is 1. The normalized spacial score (nSPS) is 24.9. The summed E-state index contributed by atoms with van der Waals surface area (Å²) in [6.07, 6.45) is 2.48. The molecule has 1 aromatic rings. The topological polar surface area (TPSA) is 15.3 Å². The van der Waals surface area contributed by atoms with Crippen LogP contribution in [-0.4, -0.2) is 31.6 Å².